The van der Waals surface area contributed by atoms with Gasteiger partial charge in [0.15, 0.2) is 0 Å². The van der Waals surface area contributed by atoms with Crippen LogP contribution in [0.2, 0.25) is 0 Å². The van der Waals surface area contributed by atoms with Gasteiger partial charge in [-0.2, -0.15) is 0 Å². The molecule has 14 heavy (non-hydrogen) atoms. The van der Waals surface area contributed by atoms with Crippen LogP contribution < -0.4 is 0 Å². The Morgan fingerprint density at radius 1 is 1.21 bits per heavy atom. The summed E-state index contributed by atoms with van der Waals surface area (Å²) in [7, 11) is 0. The second-order valence-electron chi connectivity index (χ2n) is 4.23. The molecule has 0 bridgehead atoms. The molecule has 0 nitrogen and oxygen atoms in total. The van der Waals surface area contributed by atoms with E-state index < -0.39 is 0 Å². The first-order valence-electron chi connectivity index (χ1n) is 5.57. The lowest BCUT2D eigenvalue weighted by Gasteiger charge is -2.18. The van der Waals surface area contributed by atoms with Crippen molar-refractivity contribution in [3.05, 3.63) is 48.6 Å². The van der Waals surface area contributed by atoms with E-state index in [-0.39, 0.29) is 0 Å². The summed E-state index contributed by atoms with van der Waals surface area (Å²) < 4.78 is 0. The average molecular weight is 186 g/mol. The van der Waals surface area contributed by atoms with Gasteiger partial charge in [-0.3, -0.25) is 0 Å². The quantitative estimate of drug-likeness (QED) is 0.622. The van der Waals surface area contributed by atoms with Crippen molar-refractivity contribution in [1.82, 2.24) is 0 Å². The second kappa shape index (κ2) is 4.45. The van der Waals surface area contributed by atoms with E-state index in [0.29, 0.717) is 0 Å². The normalized spacial score (nSPS) is 26.3. The van der Waals surface area contributed by atoms with Gasteiger partial charge in [0.05, 0.1) is 0 Å². The topological polar surface area (TPSA) is 0 Å². The first kappa shape index (κ1) is 9.51. The van der Waals surface area contributed by atoms with E-state index in [1.54, 1.807) is 0 Å². The monoisotopic (exact) mass is 186 g/mol. The number of hydrogen-bond donors (Lipinski definition) is 0. The molecule has 1 aliphatic rings. The fourth-order valence-electron chi connectivity index (χ4n) is 2.67. The van der Waals surface area contributed by atoms with Gasteiger partial charge >= 0.3 is 0 Å². The Hall–Kier alpha value is -1.04. The van der Waals surface area contributed by atoms with Crippen molar-refractivity contribution in [2.24, 2.45) is 5.92 Å². The van der Waals surface area contributed by atoms with Crippen LogP contribution in [0.15, 0.2) is 43.0 Å². The summed E-state index contributed by atoms with van der Waals surface area (Å²) >= 11 is 0. The first-order valence-corrected chi connectivity index (χ1v) is 5.57. The molecule has 0 amide bonds. The Labute approximate surface area is 86.7 Å². The van der Waals surface area contributed by atoms with Crippen molar-refractivity contribution in [2.45, 2.75) is 31.6 Å². The van der Waals surface area contributed by atoms with E-state index >= 15 is 0 Å². The maximum absolute atomic E-state index is 3.85. The molecule has 0 N–H and O–H groups in total. The Bertz CT molecular complexity index is 286. The molecular weight excluding hydrogens is 168 g/mol. The molecule has 1 aromatic carbocycles. The van der Waals surface area contributed by atoms with Gasteiger partial charge in [0.2, 0.25) is 0 Å². The molecule has 2 atom stereocenters. The fraction of sp³-hybridized carbons (Fsp3) is 0.429. The van der Waals surface area contributed by atoms with Crippen molar-refractivity contribution in [1.29, 1.82) is 0 Å². The molecule has 0 unspecified atom stereocenters. The molecule has 2 rings (SSSR count). The molecule has 1 aliphatic carbocycles. The second-order valence-corrected chi connectivity index (χ2v) is 4.23. The van der Waals surface area contributed by atoms with Gasteiger partial charge in [-0.1, -0.05) is 42.8 Å². The lowest BCUT2D eigenvalue weighted by Crippen LogP contribution is -2.04. The van der Waals surface area contributed by atoms with Crippen LogP contribution in [0, 0.1) is 5.92 Å². The molecule has 0 aromatic heterocycles. The third-order valence-electron chi connectivity index (χ3n) is 3.36. The van der Waals surface area contributed by atoms with Gasteiger partial charge in [0.25, 0.3) is 0 Å². The standard InChI is InChI=1S/C14H18/c1-2-7-12-10-6-11-14(12)13-8-4-3-5-9-13/h2-5,8-9,12,14H,1,6-7,10-11H2/t12-,14+/m1/s1. The summed E-state index contributed by atoms with van der Waals surface area (Å²) in [6.07, 6.45) is 7.39. The third-order valence-corrected chi connectivity index (χ3v) is 3.36. The van der Waals surface area contributed by atoms with Crippen LogP contribution in [0.1, 0.15) is 37.2 Å². The van der Waals surface area contributed by atoms with Gasteiger partial charge in [-0.05, 0) is 36.7 Å². The Balaban J connectivity index is 2.13. The molecule has 1 saturated carbocycles. The van der Waals surface area contributed by atoms with E-state index in [1.807, 2.05) is 0 Å². The summed E-state index contributed by atoms with van der Waals surface area (Å²) in [4.78, 5) is 0. The van der Waals surface area contributed by atoms with Crippen molar-refractivity contribution in [3.8, 4) is 0 Å². The lowest BCUT2D eigenvalue weighted by molar-refractivity contribution is 0.491. The zero-order valence-electron chi connectivity index (χ0n) is 8.65. The highest BCUT2D eigenvalue weighted by Gasteiger charge is 2.26. The Morgan fingerprint density at radius 3 is 2.71 bits per heavy atom. The van der Waals surface area contributed by atoms with E-state index in [1.165, 1.54) is 31.2 Å². The van der Waals surface area contributed by atoms with Gasteiger partial charge in [0, 0.05) is 0 Å². The zero-order chi connectivity index (χ0) is 9.80. The predicted octanol–water partition coefficient (Wildman–Crippen LogP) is 4.15. The largest absolute Gasteiger partial charge is 0.103 e. The number of benzene rings is 1. The zero-order valence-corrected chi connectivity index (χ0v) is 8.65. The molecule has 0 aliphatic heterocycles. The summed E-state index contributed by atoms with van der Waals surface area (Å²) in [5.74, 6) is 1.63. The molecule has 0 heterocycles. The van der Waals surface area contributed by atoms with Crippen LogP contribution in [0.25, 0.3) is 0 Å². The maximum atomic E-state index is 3.85. The molecule has 1 aromatic rings. The SMILES string of the molecule is C=CC[C@@H]1CCC[C@@H]1c1ccccc1. The van der Waals surface area contributed by atoms with E-state index in [4.69, 9.17) is 0 Å². The number of allylic oxidation sites excluding steroid dienone is 1. The van der Waals surface area contributed by atoms with Crippen molar-refractivity contribution >= 4 is 0 Å². The summed E-state index contributed by atoms with van der Waals surface area (Å²) in [6, 6.07) is 10.9. The average Bonchev–Trinajstić information content (AvgIpc) is 2.68. The van der Waals surface area contributed by atoms with E-state index in [9.17, 15) is 0 Å². The summed E-state index contributed by atoms with van der Waals surface area (Å²) in [5.41, 5.74) is 1.52. The van der Waals surface area contributed by atoms with Gasteiger partial charge in [-0.15, -0.1) is 6.58 Å². The van der Waals surface area contributed by atoms with Crippen LogP contribution in [0.5, 0.6) is 0 Å². The van der Waals surface area contributed by atoms with E-state index in [2.05, 4.69) is 43.0 Å². The lowest BCUT2D eigenvalue weighted by atomic mass is 9.87. The van der Waals surface area contributed by atoms with Crippen molar-refractivity contribution in [3.63, 3.8) is 0 Å². The Morgan fingerprint density at radius 2 is 2.00 bits per heavy atom. The predicted molar refractivity (Wildman–Crippen MR) is 61.3 cm³/mol. The molecule has 74 valence electrons. The summed E-state index contributed by atoms with van der Waals surface area (Å²) in [6.45, 7) is 3.85. The van der Waals surface area contributed by atoms with Crippen LogP contribution >= 0.6 is 0 Å². The summed E-state index contributed by atoms with van der Waals surface area (Å²) in [5, 5.41) is 0. The number of rotatable bonds is 3. The van der Waals surface area contributed by atoms with Gasteiger partial charge < -0.3 is 0 Å². The number of hydrogen-bond acceptors (Lipinski definition) is 0. The van der Waals surface area contributed by atoms with E-state index in [0.717, 1.165) is 11.8 Å². The van der Waals surface area contributed by atoms with Crippen molar-refractivity contribution in [2.75, 3.05) is 0 Å². The van der Waals surface area contributed by atoms with Crippen LogP contribution in [0.4, 0.5) is 0 Å². The molecule has 0 spiro atoms. The first-order chi connectivity index (χ1) is 6.92. The van der Waals surface area contributed by atoms with Crippen molar-refractivity contribution < 1.29 is 0 Å². The Kier molecular flexibility index (Phi) is 3.03. The third kappa shape index (κ3) is 1.89. The minimum atomic E-state index is 0.786. The van der Waals surface area contributed by atoms with Crippen LogP contribution in [-0.2, 0) is 0 Å². The molecular formula is C14H18. The highest BCUT2D eigenvalue weighted by atomic mass is 14.3. The molecule has 0 heteroatoms. The molecule has 1 fully saturated rings. The fourth-order valence-corrected chi connectivity index (χ4v) is 2.67. The molecule has 0 radical (unpaired) electrons. The van der Waals surface area contributed by atoms with Gasteiger partial charge in [0.1, 0.15) is 0 Å². The maximum Gasteiger partial charge on any atom is -0.0131 e. The van der Waals surface area contributed by atoms with Gasteiger partial charge in [-0.25, -0.2) is 0 Å². The van der Waals surface area contributed by atoms with Crippen LogP contribution in [0.3, 0.4) is 0 Å². The smallest absolute Gasteiger partial charge is 0.0131 e. The highest BCUT2D eigenvalue weighted by Crippen LogP contribution is 2.41. The highest BCUT2D eigenvalue weighted by molar-refractivity contribution is 5.21. The van der Waals surface area contributed by atoms with Crippen LogP contribution in [-0.4, -0.2) is 0 Å². The minimum absolute atomic E-state index is 0.786. The minimum Gasteiger partial charge on any atom is -0.103 e. The molecule has 0 saturated heterocycles.